The first-order valence-corrected chi connectivity index (χ1v) is 6.78. The Kier molecular flexibility index (Phi) is 4.09. The third kappa shape index (κ3) is 3.18. The smallest absolute Gasteiger partial charge is 0.328 e. The number of nitrogens with zero attached hydrogens (tertiary/aromatic N) is 2. The van der Waals surface area contributed by atoms with E-state index >= 15 is 0 Å². The third-order valence-electron chi connectivity index (χ3n) is 3.17. The Balaban J connectivity index is 2.42. The van der Waals surface area contributed by atoms with Gasteiger partial charge in [-0.2, -0.15) is 0 Å². The van der Waals surface area contributed by atoms with Crippen molar-refractivity contribution in [3.8, 4) is 0 Å². The van der Waals surface area contributed by atoms with E-state index in [1.165, 1.54) is 11.8 Å². The number of amides is 1. The molecule has 0 spiro atoms. The summed E-state index contributed by atoms with van der Waals surface area (Å²) < 4.78 is 12.5. The Labute approximate surface area is 124 Å². The number of esters is 1. The highest BCUT2D eigenvalue weighted by Crippen LogP contribution is 2.23. The fraction of sp³-hybridized carbons (Fsp3) is 0.312. The second-order valence-corrected chi connectivity index (χ2v) is 4.63. The number of rotatable bonds is 4. The van der Waals surface area contributed by atoms with E-state index in [0.29, 0.717) is 11.2 Å². The summed E-state index contributed by atoms with van der Waals surface area (Å²) in [6.07, 6.45) is 0.184. The van der Waals surface area contributed by atoms with Crippen LogP contribution in [0.25, 0.3) is 10.9 Å². The van der Waals surface area contributed by atoms with Crippen LogP contribution in [0.4, 0.5) is 5.69 Å². The van der Waals surface area contributed by atoms with Gasteiger partial charge in [0.1, 0.15) is 6.04 Å². The summed E-state index contributed by atoms with van der Waals surface area (Å²) in [7, 11) is 0. The van der Waals surface area contributed by atoms with Crippen LogP contribution >= 0.6 is 0 Å². The van der Waals surface area contributed by atoms with Crippen LogP contribution in [0.2, 0.25) is 0 Å². The van der Waals surface area contributed by atoms with Crippen LogP contribution < -0.4 is 4.90 Å². The van der Waals surface area contributed by atoms with Crippen LogP contribution in [0.15, 0.2) is 36.5 Å². The first-order valence-electron chi connectivity index (χ1n) is 7.28. The zero-order valence-electron chi connectivity index (χ0n) is 13.3. The van der Waals surface area contributed by atoms with Crippen molar-refractivity contribution in [2.24, 2.45) is 0 Å². The first kappa shape index (κ1) is 13.5. The summed E-state index contributed by atoms with van der Waals surface area (Å²) in [6.45, 7) is 5.03. The van der Waals surface area contributed by atoms with E-state index in [1.54, 1.807) is 44.2 Å². The van der Waals surface area contributed by atoms with Gasteiger partial charge in [0.25, 0.3) is 0 Å². The fourth-order valence-electron chi connectivity index (χ4n) is 2.21. The molecule has 21 heavy (non-hydrogen) atoms. The van der Waals surface area contributed by atoms with E-state index in [2.05, 4.69) is 4.98 Å². The summed E-state index contributed by atoms with van der Waals surface area (Å²) in [6, 6.07) is 7.86. The summed E-state index contributed by atoms with van der Waals surface area (Å²) in [5.74, 6) is -0.692. The van der Waals surface area contributed by atoms with Crippen molar-refractivity contribution in [1.29, 1.82) is 0 Å². The summed E-state index contributed by atoms with van der Waals surface area (Å²) >= 11 is 0. The molecule has 0 aliphatic heterocycles. The molecule has 1 heterocycles. The lowest BCUT2D eigenvalue weighted by Gasteiger charge is -2.26. The number of carbonyl (C=O) groups is 2. The largest absolute Gasteiger partial charge is 0.464 e. The lowest BCUT2D eigenvalue weighted by Crippen LogP contribution is -2.43. The molecule has 0 N–H and O–H groups in total. The number of fused-ring (bicyclic) bond motifs is 1. The molecule has 1 aromatic carbocycles. The van der Waals surface area contributed by atoms with Crippen molar-refractivity contribution in [2.75, 3.05) is 11.5 Å². The van der Waals surface area contributed by atoms with Gasteiger partial charge in [0.05, 0.1) is 13.5 Å². The molecule has 110 valence electrons. The monoisotopic (exact) mass is 287 g/mol. The molecule has 0 saturated heterocycles. The molecule has 1 amide bonds. The summed E-state index contributed by atoms with van der Waals surface area (Å²) in [5, 5.41) is 0.802. The highest BCUT2D eigenvalue weighted by molar-refractivity contribution is 5.99. The Morgan fingerprint density at radius 1 is 1.43 bits per heavy atom. The molecule has 0 radical (unpaired) electrons. The first-order chi connectivity index (χ1) is 10.4. The average molecular weight is 287 g/mol. The number of aromatic nitrogens is 1. The van der Waals surface area contributed by atoms with Crippen LogP contribution in [0.3, 0.4) is 0 Å². The van der Waals surface area contributed by atoms with Gasteiger partial charge in [-0.15, -0.1) is 0 Å². The Hall–Kier alpha value is -2.43. The average Bonchev–Trinajstić information content (AvgIpc) is 2.47. The van der Waals surface area contributed by atoms with E-state index in [0.717, 1.165) is 5.39 Å². The lowest BCUT2D eigenvalue weighted by molar-refractivity contribution is -0.145. The van der Waals surface area contributed by atoms with E-state index in [1.807, 2.05) is 0 Å². The van der Waals surface area contributed by atoms with Crippen molar-refractivity contribution >= 4 is 28.5 Å². The number of benzene rings is 1. The molecule has 1 atom stereocenters. The molecule has 5 heteroatoms. The number of hydrogen-bond donors (Lipinski definition) is 0. The van der Waals surface area contributed by atoms with Gasteiger partial charge < -0.3 is 4.74 Å². The summed E-state index contributed by atoms with van der Waals surface area (Å²) in [4.78, 5) is 29.4. The van der Waals surface area contributed by atoms with Crippen LogP contribution in [0.5, 0.6) is 0 Å². The summed E-state index contributed by atoms with van der Waals surface area (Å²) in [5.41, 5.74) is 1.27. The van der Waals surface area contributed by atoms with Gasteiger partial charge in [0.2, 0.25) is 5.91 Å². The number of ether oxygens (including phenoxy) is 1. The van der Waals surface area contributed by atoms with Gasteiger partial charge in [0, 0.05) is 24.2 Å². The topological polar surface area (TPSA) is 59.5 Å². The quantitative estimate of drug-likeness (QED) is 0.811. The van der Waals surface area contributed by atoms with E-state index < -0.39 is 12.0 Å². The molecule has 0 aliphatic carbocycles. The molecule has 0 fully saturated rings. The molecular weight excluding hydrogens is 268 g/mol. The zero-order valence-corrected chi connectivity index (χ0v) is 12.3. The van der Waals surface area contributed by atoms with Gasteiger partial charge in [-0.1, -0.05) is 6.07 Å². The van der Waals surface area contributed by atoms with Gasteiger partial charge in [-0.05, 0) is 38.1 Å². The van der Waals surface area contributed by atoms with Crippen molar-refractivity contribution < 1.29 is 15.7 Å². The van der Waals surface area contributed by atoms with Gasteiger partial charge in [0.15, 0.2) is 0 Å². The van der Waals surface area contributed by atoms with E-state index in [9.17, 15) is 9.59 Å². The molecule has 2 rings (SSSR count). The predicted molar refractivity (Wildman–Crippen MR) is 81.0 cm³/mol. The predicted octanol–water partition coefficient (Wildman–Crippen LogP) is 2.54. The van der Waals surface area contributed by atoms with Gasteiger partial charge in [-0.3, -0.25) is 14.7 Å². The van der Waals surface area contributed by atoms with E-state index in [4.69, 9.17) is 6.11 Å². The minimum Gasteiger partial charge on any atom is -0.464 e. The molecule has 0 bridgehead atoms. The molecular formula is C16H18N2O3. The van der Waals surface area contributed by atoms with Crippen LogP contribution in [0.1, 0.15) is 22.1 Å². The highest BCUT2D eigenvalue weighted by atomic mass is 16.5. The van der Waals surface area contributed by atoms with Crippen LogP contribution in [0, 0.1) is 0 Å². The SMILES string of the molecule is [2H]c1ccc2cc(N(C(C)=O)[C@@H](C)C(=O)OCC)ccc2n1. The minimum absolute atomic E-state index is 0.184. The highest BCUT2D eigenvalue weighted by Gasteiger charge is 2.26. The molecule has 0 unspecified atom stereocenters. The maximum absolute atomic E-state index is 12.0. The molecule has 1 aromatic heterocycles. The van der Waals surface area contributed by atoms with Gasteiger partial charge >= 0.3 is 5.97 Å². The molecule has 0 aliphatic rings. The number of anilines is 1. The Bertz CT molecular complexity index is 718. The maximum Gasteiger partial charge on any atom is 0.328 e. The van der Waals surface area contributed by atoms with Crippen molar-refractivity contribution in [3.05, 3.63) is 36.5 Å². The van der Waals surface area contributed by atoms with Crippen molar-refractivity contribution in [2.45, 2.75) is 26.8 Å². The molecule has 5 nitrogen and oxygen atoms in total. The number of hydrogen-bond acceptors (Lipinski definition) is 4. The lowest BCUT2D eigenvalue weighted by atomic mass is 10.1. The number of pyridine rings is 1. The Morgan fingerprint density at radius 3 is 2.86 bits per heavy atom. The second-order valence-electron chi connectivity index (χ2n) is 4.63. The van der Waals surface area contributed by atoms with Crippen LogP contribution in [-0.2, 0) is 14.3 Å². The fourth-order valence-corrected chi connectivity index (χ4v) is 2.21. The van der Waals surface area contributed by atoms with Gasteiger partial charge in [-0.25, -0.2) is 4.79 Å². The maximum atomic E-state index is 12.0. The zero-order chi connectivity index (χ0) is 16.3. The van der Waals surface area contributed by atoms with Crippen molar-refractivity contribution in [1.82, 2.24) is 4.98 Å². The second kappa shape index (κ2) is 6.35. The minimum atomic E-state index is -0.710. The van der Waals surface area contributed by atoms with E-state index in [-0.39, 0.29) is 18.7 Å². The standard InChI is InChI=1S/C16H18N2O3/c1-4-21-16(20)11(2)18(12(3)19)14-7-8-15-13(10-14)6-5-9-17-15/h5-11H,4H2,1-3H3/t11-/m0/s1/i9D. The normalized spacial score (nSPS) is 12.6. The molecule has 0 saturated carbocycles. The van der Waals surface area contributed by atoms with Crippen molar-refractivity contribution in [3.63, 3.8) is 0 Å². The van der Waals surface area contributed by atoms with Crippen LogP contribution in [-0.4, -0.2) is 29.5 Å². The Morgan fingerprint density at radius 2 is 2.19 bits per heavy atom. The number of carbonyl (C=O) groups excluding carboxylic acids is 2. The molecule has 2 aromatic rings. The third-order valence-corrected chi connectivity index (χ3v) is 3.17.